The maximum Gasteiger partial charge on any atom is 0.0935 e. The third-order valence-corrected chi connectivity index (χ3v) is 3.48. The minimum absolute atomic E-state index is 0.262. The van der Waals surface area contributed by atoms with Crippen molar-refractivity contribution in [1.29, 1.82) is 0 Å². The van der Waals surface area contributed by atoms with Crippen molar-refractivity contribution in [2.45, 2.75) is 38.0 Å². The highest BCUT2D eigenvalue weighted by Gasteiger charge is 2.22. The second-order valence-corrected chi connectivity index (χ2v) is 5.10. The predicted octanol–water partition coefficient (Wildman–Crippen LogP) is 0.474. The first-order valence-corrected chi connectivity index (χ1v) is 6.39. The maximum absolute atomic E-state index is 5.90. The smallest absolute Gasteiger partial charge is 0.0935 e. The minimum Gasteiger partial charge on any atom is -0.374 e. The van der Waals surface area contributed by atoms with Gasteiger partial charge in [0.2, 0.25) is 0 Å². The van der Waals surface area contributed by atoms with E-state index in [2.05, 4.69) is 24.2 Å². The zero-order chi connectivity index (χ0) is 11.4. The first-order valence-electron chi connectivity index (χ1n) is 6.39. The van der Waals surface area contributed by atoms with Gasteiger partial charge in [-0.2, -0.15) is 0 Å². The largest absolute Gasteiger partial charge is 0.374 e. The highest BCUT2D eigenvalue weighted by Crippen LogP contribution is 2.12. The van der Waals surface area contributed by atoms with Crippen molar-refractivity contribution < 1.29 is 9.47 Å². The molecule has 0 aromatic rings. The summed E-state index contributed by atoms with van der Waals surface area (Å²) in [6, 6.07) is 0.650. The molecule has 0 aromatic carbocycles. The standard InChI is InChI=1S/C12H24N2O2/c1-10-3-4-11(7-13-10)16-9-12-8-14(2)5-6-15-12/h10-13H,3-9H2,1-2H3. The number of likely N-dealkylation sites (N-methyl/N-ethyl adjacent to an activating group) is 1. The Balaban J connectivity index is 1.63. The molecule has 0 amide bonds. The van der Waals surface area contributed by atoms with Crippen LogP contribution in [0.3, 0.4) is 0 Å². The van der Waals surface area contributed by atoms with Gasteiger partial charge in [0.25, 0.3) is 0 Å². The van der Waals surface area contributed by atoms with E-state index in [0.29, 0.717) is 12.1 Å². The van der Waals surface area contributed by atoms with Gasteiger partial charge in [-0.05, 0) is 26.8 Å². The fourth-order valence-electron chi connectivity index (χ4n) is 2.33. The van der Waals surface area contributed by atoms with Crippen molar-refractivity contribution in [2.24, 2.45) is 0 Å². The molecule has 0 saturated carbocycles. The third-order valence-electron chi connectivity index (χ3n) is 3.48. The average molecular weight is 228 g/mol. The summed E-state index contributed by atoms with van der Waals surface area (Å²) in [6.07, 6.45) is 3.04. The van der Waals surface area contributed by atoms with Gasteiger partial charge in [-0.25, -0.2) is 0 Å². The molecular formula is C12H24N2O2. The Morgan fingerprint density at radius 1 is 1.44 bits per heavy atom. The molecule has 4 nitrogen and oxygen atoms in total. The van der Waals surface area contributed by atoms with Crippen LogP contribution in [0.4, 0.5) is 0 Å². The van der Waals surface area contributed by atoms with Crippen molar-refractivity contribution in [3.05, 3.63) is 0 Å². The summed E-state index contributed by atoms with van der Waals surface area (Å²) in [5, 5.41) is 3.45. The van der Waals surface area contributed by atoms with Crippen LogP contribution >= 0.6 is 0 Å². The molecule has 2 saturated heterocycles. The van der Waals surface area contributed by atoms with Crippen LogP contribution in [0.15, 0.2) is 0 Å². The quantitative estimate of drug-likeness (QED) is 0.761. The monoisotopic (exact) mass is 228 g/mol. The molecule has 0 radical (unpaired) electrons. The molecule has 0 spiro atoms. The Hall–Kier alpha value is -0.160. The van der Waals surface area contributed by atoms with Gasteiger partial charge in [0.1, 0.15) is 0 Å². The molecule has 2 heterocycles. The number of ether oxygens (including phenoxy) is 2. The molecule has 2 aliphatic rings. The predicted molar refractivity (Wildman–Crippen MR) is 63.7 cm³/mol. The number of hydrogen-bond donors (Lipinski definition) is 1. The molecule has 3 atom stereocenters. The number of nitrogens with zero attached hydrogens (tertiary/aromatic N) is 1. The van der Waals surface area contributed by atoms with E-state index in [1.165, 1.54) is 12.8 Å². The second-order valence-electron chi connectivity index (χ2n) is 5.10. The molecule has 16 heavy (non-hydrogen) atoms. The van der Waals surface area contributed by atoms with Crippen LogP contribution in [0.2, 0.25) is 0 Å². The summed E-state index contributed by atoms with van der Waals surface area (Å²) < 4.78 is 11.6. The molecule has 3 unspecified atom stereocenters. The van der Waals surface area contributed by atoms with Crippen molar-refractivity contribution in [1.82, 2.24) is 10.2 Å². The fraction of sp³-hybridized carbons (Fsp3) is 1.00. The number of hydrogen-bond acceptors (Lipinski definition) is 4. The van der Waals surface area contributed by atoms with E-state index < -0.39 is 0 Å². The van der Waals surface area contributed by atoms with E-state index in [0.717, 1.165) is 32.8 Å². The lowest BCUT2D eigenvalue weighted by Crippen LogP contribution is -2.45. The lowest BCUT2D eigenvalue weighted by atomic mass is 10.0. The Morgan fingerprint density at radius 3 is 3.00 bits per heavy atom. The molecular weight excluding hydrogens is 204 g/mol. The SMILES string of the molecule is CC1CCC(OCC2CN(C)CCO2)CN1. The summed E-state index contributed by atoms with van der Waals surface area (Å²) in [5.74, 6) is 0. The topological polar surface area (TPSA) is 33.7 Å². The number of morpholine rings is 1. The van der Waals surface area contributed by atoms with Gasteiger partial charge in [-0.3, -0.25) is 0 Å². The minimum atomic E-state index is 0.262. The summed E-state index contributed by atoms with van der Waals surface area (Å²) in [4.78, 5) is 2.30. The van der Waals surface area contributed by atoms with E-state index >= 15 is 0 Å². The van der Waals surface area contributed by atoms with E-state index in [9.17, 15) is 0 Å². The van der Waals surface area contributed by atoms with Crippen molar-refractivity contribution in [2.75, 3.05) is 39.9 Å². The van der Waals surface area contributed by atoms with Crippen LogP contribution in [0.25, 0.3) is 0 Å². The van der Waals surface area contributed by atoms with Gasteiger partial charge in [0.05, 0.1) is 25.4 Å². The number of nitrogens with one attached hydrogen (secondary N) is 1. The van der Waals surface area contributed by atoms with Crippen molar-refractivity contribution in [3.63, 3.8) is 0 Å². The summed E-state index contributed by atoms with van der Waals surface area (Å²) in [6.45, 7) is 6.84. The lowest BCUT2D eigenvalue weighted by molar-refractivity contribution is -0.0843. The van der Waals surface area contributed by atoms with Crippen LogP contribution in [-0.2, 0) is 9.47 Å². The number of rotatable bonds is 3. The molecule has 0 bridgehead atoms. The van der Waals surface area contributed by atoms with Gasteiger partial charge < -0.3 is 19.7 Å². The highest BCUT2D eigenvalue weighted by atomic mass is 16.5. The van der Waals surface area contributed by atoms with Crippen molar-refractivity contribution in [3.8, 4) is 0 Å². The normalized spacial score (nSPS) is 37.5. The fourth-order valence-corrected chi connectivity index (χ4v) is 2.33. The summed E-state index contributed by atoms with van der Waals surface area (Å²) in [5.41, 5.74) is 0. The van der Waals surface area contributed by atoms with Crippen LogP contribution < -0.4 is 5.32 Å². The number of piperidine rings is 1. The highest BCUT2D eigenvalue weighted by molar-refractivity contribution is 4.76. The van der Waals surface area contributed by atoms with Crippen LogP contribution in [0.1, 0.15) is 19.8 Å². The molecule has 2 fully saturated rings. The molecule has 0 aromatic heterocycles. The van der Waals surface area contributed by atoms with Crippen LogP contribution in [0, 0.1) is 0 Å². The summed E-state index contributed by atoms with van der Waals surface area (Å²) >= 11 is 0. The van der Waals surface area contributed by atoms with Crippen LogP contribution in [0.5, 0.6) is 0 Å². The molecule has 1 N–H and O–H groups in total. The van der Waals surface area contributed by atoms with Crippen LogP contribution in [-0.4, -0.2) is 63.0 Å². The molecule has 2 aliphatic heterocycles. The average Bonchev–Trinajstić information content (AvgIpc) is 2.28. The summed E-state index contributed by atoms with van der Waals surface area (Å²) in [7, 11) is 2.14. The Labute approximate surface area is 98.3 Å². The molecule has 4 heteroatoms. The van der Waals surface area contributed by atoms with Gasteiger partial charge in [0, 0.05) is 25.7 Å². The Kier molecular flexibility index (Phi) is 4.58. The molecule has 2 rings (SSSR count). The molecule has 0 aliphatic carbocycles. The van der Waals surface area contributed by atoms with E-state index in [1.807, 2.05) is 0 Å². The van der Waals surface area contributed by atoms with Crippen molar-refractivity contribution >= 4 is 0 Å². The zero-order valence-corrected chi connectivity index (χ0v) is 10.4. The maximum atomic E-state index is 5.90. The van der Waals surface area contributed by atoms with Gasteiger partial charge >= 0.3 is 0 Å². The van der Waals surface area contributed by atoms with E-state index in [4.69, 9.17) is 9.47 Å². The zero-order valence-electron chi connectivity index (χ0n) is 10.4. The Morgan fingerprint density at radius 2 is 2.31 bits per heavy atom. The van der Waals surface area contributed by atoms with E-state index in [1.54, 1.807) is 0 Å². The first-order chi connectivity index (χ1) is 7.74. The van der Waals surface area contributed by atoms with Gasteiger partial charge in [0.15, 0.2) is 0 Å². The van der Waals surface area contributed by atoms with Gasteiger partial charge in [-0.15, -0.1) is 0 Å². The second kappa shape index (κ2) is 5.96. The van der Waals surface area contributed by atoms with Gasteiger partial charge in [-0.1, -0.05) is 0 Å². The first kappa shape index (κ1) is 12.3. The Bertz CT molecular complexity index is 205. The molecule has 94 valence electrons. The lowest BCUT2D eigenvalue weighted by Gasteiger charge is -2.32. The third kappa shape index (κ3) is 3.70. The van der Waals surface area contributed by atoms with E-state index in [-0.39, 0.29) is 6.10 Å².